The van der Waals surface area contributed by atoms with Gasteiger partial charge in [0.25, 0.3) is 0 Å². The van der Waals surface area contributed by atoms with Crippen LogP contribution in [0.2, 0.25) is 0 Å². The van der Waals surface area contributed by atoms with E-state index >= 15 is 0 Å². The van der Waals surface area contributed by atoms with Gasteiger partial charge in [-0.15, -0.1) is 0 Å². The Hall–Kier alpha value is -3.34. The molecule has 1 amide bonds. The molecule has 25 heavy (non-hydrogen) atoms. The van der Waals surface area contributed by atoms with Gasteiger partial charge in [-0.2, -0.15) is 0 Å². The van der Waals surface area contributed by atoms with E-state index in [1.165, 1.54) is 6.08 Å². The molecule has 0 unspecified atom stereocenters. The highest BCUT2D eigenvalue weighted by Gasteiger charge is 2.19. The molecule has 5 nitrogen and oxygen atoms in total. The Morgan fingerprint density at radius 3 is 2.56 bits per heavy atom. The summed E-state index contributed by atoms with van der Waals surface area (Å²) >= 11 is 0. The van der Waals surface area contributed by atoms with E-state index in [2.05, 4.69) is 10.3 Å². The van der Waals surface area contributed by atoms with Crippen LogP contribution in [0.5, 0.6) is 0 Å². The van der Waals surface area contributed by atoms with Crippen molar-refractivity contribution in [2.24, 2.45) is 0 Å². The minimum Gasteiger partial charge on any atom is -0.461 e. The van der Waals surface area contributed by atoms with E-state index in [9.17, 15) is 9.59 Å². The third-order valence-corrected chi connectivity index (χ3v) is 3.66. The maximum absolute atomic E-state index is 12.3. The van der Waals surface area contributed by atoms with Crippen molar-refractivity contribution >= 4 is 34.5 Å². The molecule has 0 saturated heterocycles. The number of anilines is 1. The van der Waals surface area contributed by atoms with Crippen LogP contribution in [-0.2, 0) is 9.53 Å². The summed E-state index contributed by atoms with van der Waals surface area (Å²) in [7, 11) is 0. The van der Waals surface area contributed by atoms with Crippen LogP contribution in [0.4, 0.5) is 5.69 Å². The molecular weight excluding hydrogens is 316 g/mol. The second-order valence-electron chi connectivity index (χ2n) is 5.37. The Morgan fingerprint density at radius 2 is 1.80 bits per heavy atom. The number of hydrogen-bond donors (Lipinski definition) is 2. The van der Waals surface area contributed by atoms with Crippen LogP contribution in [0.15, 0.2) is 60.7 Å². The predicted octanol–water partition coefficient (Wildman–Crippen LogP) is 4.00. The van der Waals surface area contributed by atoms with Crippen molar-refractivity contribution < 1.29 is 14.3 Å². The van der Waals surface area contributed by atoms with Crippen molar-refractivity contribution in [2.45, 2.75) is 6.92 Å². The van der Waals surface area contributed by atoms with Gasteiger partial charge in [0.1, 0.15) is 5.69 Å². The number of carbonyl (C=O) groups excluding carboxylic acids is 2. The Kier molecular flexibility index (Phi) is 4.95. The van der Waals surface area contributed by atoms with Gasteiger partial charge in [-0.05, 0) is 24.6 Å². The first-order valence-corrected chi connectivity index (χ1v) is 8.01. The van der Waals surface area contributed by atoms with Crippen molar-refractivity contribution in [1.29, 1.82) is 0 Å². The van der Waals surface area contributed by atoms with Gasteiger partial charge < -0.3 is 15.0 Å². The van der Waals surface area contributed by atoms with Crippen LogP contribution in [0.1, 0.15) is 23.0 Å². The van der Waals surface area contributed by atoms with Crippen molar-refractivity contribution in [3.8, 4) is 0 Å². The highest BCUT2D eigenvalue weighted by Crippen LogP contribution is 2.28. The lowest BCUT2D eigenvalue weighted by Gasteiger charge is -2.05. The molecule has 5 heteroatoms. The topological polar surface area (TPSA) is 71.2 Å². The fourth-order valence-corrected chi connectivity index (χ4v) is 2.53. The lowest BCUT2D eigenvalue weighted by atomic mass is 10.2. The number of aromatic nitrogens is 1. The van der Waals surface area contributed by atoms with E-state index in [-0.39, 0.29) is 18.2 Å². The van der Waals surface area contributed by atoms with Crippen molar-refractivity contribution in [1.82, 2.24) is 4.98 Å². The van der Waals surface area contributed by atoms with Gasteiger partial charge in [-0.3, -0.25) is 4.79 Å². The summed E-state index contributed by atoms with van der Waals surface area (Å²) in [5, 5.41) is 3.54. The molecule has 0 radical (unpaired) electrons. The molecule has 3 aromatic rings. The molecule has 0 atom stereocenters. The number of esters is 1. The van der Waals surface area contributed by atoms with Gasteiger partial charge in [-0.1, -0.05) is 48.5 Å². The number of nitrogens with one attached hydrogen (secondary N) is 2. The van der Waals surface area contributed by atoms with Crippen LogP contribution in [0.25, 0.3) is 17.0 Å². The Balaban J connectivity index is 1.89. The molecular formula is C20H18N2O3. The smallest absolute Gasteiger partial charge is 0.356 e. The third kappa shape index (κ3) is 3.77. The van der Waals surface area contributed by atoms with Gasteiger partial charge in [0.15, 0.2) is 0 Å². The molecule has 1 aromatic heterocycles. The molecule has 0 spiro atoms. The number of para-hydroxylation sites is 1. The van der Waals surface area contributed by atoms with Crippen LogP contribution < -0.4 is 5.32 Å². The van der Waals surface area contributed by atoms with Crippen LogP contribution in [0.3, 0.4) is 0 Å². The van der Waals surface area contributed by atoms with E-state index in [0.717, 1.165) is 16.5 Å². The van der Waals surface area contributed by atoms with E-state index in [0.29, 0.717) is 5.69 Å². The molecule has 0 bridgehead atoms. The number of amides is 1. The highest BCUT2D eigenvalue weighted by molar-refractivity contribution is 6.13. The standard InChI is InChI=1S/C20H18N2O3/c1-2-25-20(24)19-18(15-10-6-7-11-16(15)21-19)22-17(23)13-12-14-8-4-3-5-9-14/h3-13,21H,2H2,1H3,(H,22,23). The molecule has 0 fully saturated rings. The van der Waals surface area contributed by atoms with E-state index in [1.807, 2.05) is 54.6 Å². The zero-order chi connectivity index (χ0) is 17.6. The first-order valence-electron chi connectivity index (χ1n) is 8.01. The SMILES string of the molecule is CCOC(=O)c1[nH]c2ccccc2c1NC(=O)C=Cc1ccccc1. The maximum Gasteiger partial charge on any atom is 0.356 e. The van der Waals surface area contributed by atoms with Crippen molar-refractivity contribution in [3.05, 3.63) is 71.9 Å². The van der Waals surface area contributed by atoms with Crippen molar-refractivity contribution in [3.63, 3.8) is 0 Å². The van der Waals surface area contributed by atoms with Crippen LogP contribution in [-0.4, -0.2) is 23.5 Å². The summed E-state index contributed by atoms with van der Waals surface area (Å²) in [6, 6.07) is 16.9. The second-order valence-corrected chi connectivity index (χ2v) is 5.37. The lowest BCUT2D eigenvalue weighted by molar-refractivity contribution is -0.111. The average Bonchev–Trinajstić information content (AvgIpc) is 3.00. The summed E-state index contributed by atoms with van der Waals surface area (Å²) in [6.45, 7) is 2.00. The van der Waals surface area contributed by atoms with E-state index < -0.39 is 5.97 Å². The number of benzene rings is 2. The predicted molar refractivity (Wildman–Crippen MR) is 98.4 cm³/mol. The summed E-state index contributed by atoms with van der Waals surface area (Å²) in [6.07, 6.45) is 3.15. The number of fused-ring (bicyclic) bond motifs is 1. The minimum atomic E-state index is -0.499. The van der Waals surface area contributed by atoms with Crippen LogP contribution in [0, 0.1) is 0 Å². The number of carbonyl (C=O) groups is 2. The largest absolute Gasteiger partial charge is 0.461 e. The summed E-state index contributed by atoms with van der Waals surface area (Å²) < 4.78 is 5.07. The normalized spacial score (nSPS) is 10.9. The van der Waals surface area contributed by atoms with Gasteiger partial charge in [0.2, 0.25) is 5.91 Å². The number of hydrogen-bond acceptors (Lipinski definition) is 3. The molecule has 0 aliphatic rings. The summed E-state index contributed by atoms with van der Waals surface area (Å²) in [5.74, 6) is -0.819. The van der Waals surface area contributed by atoms with Gasteiger partial charge in [-0.25, -0.2) is 4.79 Å². The molecule has 3 rings (SSSR count). The first kappa shape index (κ1) is 16.5. The molecule has 0 aliphatic heterocycles. The van der Waals surface area contributed by atoms with Gasteiger partial charge >= 0.3 is 5.97 Å². The summed E-state index contributed by atoms with van der Waals surface area (Å²) in [4.78, 5) is 27.5. The van der Waals surface area contributed by atoms with Crippen molar-refractivity contribution in [2.75, 3.05) is 11.9 Å². The fourth-order valence-electron chi connectivity index (χ4n) is 2.53. The Bertz CT molecular complexity index is 927. The lowest BCUT2D eigenvalue weighted by Crippen LogP contribution is -2.13. The zero-order valence-corrected chi connectivity index (χ0v) is 13.8. The third-order valence-electron chi connectivity index (χ3n) is 3.66. The van der Waals surface area contributed by atoms with E-state index in [1.54, 1.807) is 13.0 Å². The maximum atomic E-state index is 12.3. The molecule has 2 N–H and O–H groups in total. The monoisotopic (exact) mass is 334 g/mol. The quantitative estimate of drug-likeness (QED) is 0.547. The first-order chi connectivity index (χ1) is 12.2. The van der Waals surface area contributed by atoms with Crippen LogP contribution >= 0.6 is 0 Å². The fraction of sp³-hybridized carbons (Fsp3) is 0.100. The number of rotatable bonds is 5. The molecule has 2 aromatic carbocycles. The second kappa shape index (κ2) is 7.49. The highest BCUT2D eigenvalue weighted by atomic mass is 16.5. The Labute approximate surface area is 145 Å². The average molecular weight is 334 g/mol. The molecule has 126 valence electrons. The number of ether oxygens (including phenoxy) is 1. The zero-order valence-electron chi connectivity index (χ0n) is 13.8. The van der Waals surface area contributed by atoms with Gasteiger partial charge in [0, 0.05) is 17.0 Å². The number of H-pyrrole nitrogens is 1. The minimum absolute atomic E-state index is 0.240. The molecule has 1 heterocycles. The van der Waals surface area contributed by atoms with Gasteiger partial charge in [0.05, 0.1) is 12.3 Å². The molecule has 0 saturated carbocycles. The van der Waals surface area contributed by atoms with E-state index in [4.69, 9.17) is 4.74 Å². The Morgan fingerprint density at radius 1 is 1.08 bits per heavy atom. The summed E-state index contributed by atoms with van der Waals surface area (Å²) in [5.41, 5.74) is 2.34. The molecule has 0 aliphatic carbocycles. The number of aromatic amines is 1.